The number of hydrogen-bond acceptors (Lipinski definition) is 3. The van der Waals surface area contributed by atoms with Crippen molar-refractivity contribution in [3.8, 4) is 5.75 Å². The van der Waals surface area contributed by atoms with Crippen molar-refractivity contribution >= 4 is 17.9 Å². The van der Waals surface area contributed by atoms with Crippen LogP contribution in [-0.4, -0.2) is 17.4 Å². The van der Waals surface area contributed by atoms with Crippen LogP contribution in [0.15, 0.2) is 47.6 Å². The van der Waals surface area contributed by atoms with E-state index in [4.69, 9.17) is 0 Å². The number of rotatable bonds is 3. The number of anilines is 1. The first-order chi connectivity index (χ1) is 10.0. The summed E-state index contributed by atoms with van der Waals surface area (Å²) >= 11 is 0. The molecule has 0 aliphatic heterocycles. The van der Waals surface area contributed by atoms with Gasteiger partial charge in [-0.25, -0.2) is 10.2 Å². The third kappa shape index (κ3) is 4.35. The Kier molecular flexibility index (Phi) is 4.56. The molecule has 2 rings (SSSR count). The molecule has 2 aromatic rings. The van der Waals surface area contributed by atoms with E-state index in [1.165, 1.54) is 6.21 Å². The minimum Gasteiger partial charge on any atom is -0.508 e. The highest BCUT2D eigenvalue weighted by molar-refractivity contribution is 5.91. The number of nitrogens with one attached hydrogen (secondary N) is 2. The second-order valence-corrected chi connectivity index (χ2v) is 4.74. The Balaban J connectivity index is 1.93. The summed E-state index contributed by atoms with van der Waals surface area (Å²) in [5.74, 6) is 0.152. The molecule has 0 aromatic heterocycles. The van der Waals surface area contributed by atoms with Gasteiger partial charge in [-0.3, -0.25) is 0 Å². The van der Waals surface area contributed by atoms with Gasteiger partial charge in [-0.05, 0) is 43.2 Å². The van der Waals surface area contributed by atoms with Crippen LogP contribution >= 0.6 is 0 Å². The van der Waals surface area contributed by atoms with Gasteiger partial charge >= 0.3 is 6.03 Å². The summed E-state index contributed by atoms with van der Waals surface area (Å²) in [4.78, 5) is 11.7. The van der Waals surface area contributed by atoms with Gasteiger partial charge in [0.25, 0.3) is 0 Å². The lowest BCUT2D eigenvalue weighted by Crippen LogP contribution is -2.24. The van der Waals surface area contributed by atoms with Crippen LogP contribution in [0.5, 0.6) is 5.75 Å². The van der Waals surface area contributed by atoms with E-state index >= 15 is 0 Å². The normalized spacial score (nSPS) is 10.6. The number of carbonyl (C=O) groups excluding carboxylic acids is 1. The molecular weight excluding hydrogens is 266 g/mol. The molecule has 21 heavy (non-hydrogen) atoms. The Morgan fingerprint density at radius 3 is 2.71 bits per heavy atom. The van der Waals surface area contributed by atoms with Crippen molar-refractivity contribution in [3.05, 3.63) is 59.2 Å². The number of amides is 2. The van der Waals surface area contributed by atoms with Crippen LogP contribution in [0.2, 0.25) is 0 Å². The molecular formula is C16H17N3O2. The second kappa shape index (κ2) is 6.56. The number of aromatic hydroxyl groups is 1. The van der Waals surface area contributed by atoms with Gasteiger partial charge < -0.3 is 10.4 Å². The van der Waals surface area contributed by atoms with Gasteiger partial charge in [0.15, 0.2) is 0 Å². The van der Waals surface area contributed by atoms with E-state index in [-0.39, 0.29) is 5.75 Å². The number of hydrogen-bond donors (Lipinski definition) is 3. The Hall–Kier alpha value is -2.82. The zero-order chi connectivity index (χ0) is 15.2. The standard InChI is InChI=1S/C16H17N3O2/c1-11-6-7-15(12(2)8-11)18-16(21)19-17-10-13-4-3-5-14(20)9-13/h3-10,20H,1-2H3,(H2,18,19,21). The predicted molar refractivity (Wildman–Crippen MR) is 83.8 cm³/mol. The summed E-state index contributed by atoms with van der Waals surface area (Å²) in [5.41, 5.74) is 5.94. The van der Waals surface area contributed by atoms with E-state index in [0.29, 0.717) is 5.56 Å². The number of phenolic OH excluding ortho intramolecular Hbond substituents is 1. The SMILES string of the molecule is Cc1ccc(NC(=O)NN=Cc2cccc(O)c2)c(C)c1. The Morgan fingerprint density at radius 2 is 2.00 bits per heavy atom. The van der Waals surface area contributed by atoms with Crippen molar-refractivity contribution in [1.82, 2.24) is 5.43 Å². The average molecular weight is 283 g/mol. The largest absolute Gasteiger partial charge is 0.508 e. The number of benzene rings is 2. The van der Waals surface area contributed by atoms with E-state index < -0.39 is 6.03 Å². The number of aryl methyl sites for hydroxylation is 2. The van der Waals surface area contributed by atoms with E-state index in [2.05, 4.69) is 15.8 Å². The fourth-order valence-electron chi connectivity index (χ4n) is 1.87. The summed E-state index contributed by atoms with van der Waals surface area (Å²) in [6.45, 7) is 3.93. The molecule has 5 nitrogen and oxygen atoms in total. The number of hydrazone groups is 1. The maximum Gasteiger partial charge on any atom is 0.339 e. The van der Waals surface area contributed by atoms with E-state index in [9.17, 15) is 9.90 Å². The van der Waals surface area contributed by atoms with Gasteiger partial charge in [0, 0.05) is 5.69 Å². The summed E-state index contributed by atoms with van der Waals surface area (Å²) in [7, 11) is 0. The highest BCUT2D eigenvalue weighted by Crippen LogP contribution is 2.15. The van der Waals surface area contributed by atoms with Crippen LogP contribution in [0, 0.1) is 13.8 Å². The van der Waals surface area contributed by atoms with Crippen molar-refractivity contribution in [1.29, 1.82) is 0 Å². The quantitative estimate of drug-likeness (QED) is 0.598. The van der Waals surface area contributed by atoms with Crippen molar-refractivity contribution in [2.24, 2.45) is 5.10 Å². The van der Waals surface area contributed by atoms with Crippen molar-refractivity contribution in [2.75, 3.05) is 5.32 Å². The molecule has 0 fully saturated rings. The topological polar surface area (TPSA) is 73.7 Å². The lowest BCUT2D eigenvalue weighted by atomic mass is 10.1. The molecule has 0 aliphatic rings. The number of phenols is 1. The molecule has 3 N–H and O–H groups in total. The fourth-order valence-corrected chi connectivity index (χ4v) is 1.87. The van der Waals surface area contributed by atoms with Crippen LogP contribution in [0.3, 0.4) is 0 Å². The molecule has 108 valence electrons. The lowest BCUT2D eigenvalue weighted by molar-refractivity contribution is 0.252. The molecule has 2 aromatic carbocycles. The molecule has 2 amide bonds. The first kappa shape index (κ1) is 14.6. The molecule has 0 atom stereocenters. The van der Waals surface area contributed by atoms with Crippen LogP contribution in [0.25, 0.3) is 0 Å². The Bertz CT molecular complexity index is 681. The predicted octanol–water partition coefficient (Wildman–Crippen LogP) is 3.16. The zero-order valence-corrected chi connectivity index (χ0v) is 11.9. The molecule has 0 unspecified atom stereocenters. The van der Waals surface area contributed by atoms with E-state index in [0.717, 1.165) is 16.8 Å². The zero-order valence-electron chi connectivity index (χ0n) is 11.9. The van der Waals surface area contributed by atoms with Gasteiger partial charge in [0.1, 0.15) is 5.75 Å². The molecule has 0 radical (unpaired) electrons. The first-order valence-corrected chi connectivity index (χ1v) is 6.51. The minimum absolute atomic E-state index is 0.152. The maximum absolute atomic E-state index is 11.7. The lowest BCUT2D eigenvalue weighted by Gasteiger charge is -2.08. The Labute approximate surface area is 123 Å². The maximum atomic E-state index is 11.7. The third-order valence-electron chi connectivity index (χ3n) is 2.88. The van der Waals surface area contributed by atoms with Gasteiger partial charge in [0.2, 0.25) is 0 Å². The first-order valence-electron chi connectivity index (χ1n) is 6.51. The number of urea groups is 1. The number of carbonyl (C=O) groups is 1. The third-order valence-corrected chi connectivity index (χ3v) is 2.88. The van der Waals surface area contributed by atoms with Gasteiger partial charge in [0.05, 0.1) is 6.21 Å². The summed E-state index contributed by atoms with van der Waals surface area (Å²) in [5, 5.41) is 15.9. The van der Waals surface area contributed by atoms with Crippen molar-refractivity contribution in [2.45, 2.75) is 13.8 Å². The Morgan fingerprint density at radius 1 is 1.19 bits per heavy atom. The highest BCUT2D eigenvalue weighted by Gasteiger charge is 2.03. The van der Waals surface area contributed by atoms with Gasteiger partial charge in [-0.2, -0.15) is 5.10 Å². The summed E-state index contributed by atoms with van der Waals surface area (Å²) in [6.07, 6.45) is 1.46. The average Bonchev–Trinajstić information content (AvgIpc) is 2.42. The molecule has 5 heteroatoms. The smallest absolute Gasteiger partial charge is 0.339 e. The van der Waals surface area contributed by atoms with Crippen molar-refractivity contribution in [3.63, 3.8) is 0 Å². The summed E-state index contributed by atoms with van der Waals surface area (Å²) < 4.78 is 0. The highest BCUT2D eigenvalue weighted by atomic mass is 16.3. The van der Waals surface area contributed by atoms with Crippen LogP contribution in [0.1, 0.15) is 16.7 Å². The molecule has 0 saturated heterocycles. The molecule has 0 saturated carbocycles. The molecule has 0 bridgehead atoms. The van der Waals surface area contributed by atoms with Crippen LogP contribution in [-0.2, 0) is 0 Å². The fraction of sp³-hybridized carbons (Fsp3) is 0.125. The molecule has 0 aliphatic carbocycles. The van der Waals surface area contributed by atoms with E-state index in [1.807, 2.05) is 32.0 Å². The van der Waals surface area contributed by atoms with Gasteiger partial charge in [-0.15, -0.1) is 0 Å². The molecule has 0 heterocycles. The van der Waals surface area contributed by atoms with Crippen LogP contribution in [0.4, 0.5) is 10.5 Å². The number of nitrogens with zero attached hydrogens (tertiary/aromatic N) is 1. The minimum atomic E-state index is -0.418. The molecule has 0 spiro atoms. The monoisotopic (exact) mass is 283 g/mol. The van der Waals surface area contributed by atoms with Gasteiger partial charge in [-0.1, -0.05) is 29.8 Å². The van der Waals surface area contributed by atoms with E-state index in [1.54, 1.807) is 24.3 Å². The summed E-state index contributed by atoms with van der Waals surface area (Å²) in [6, 6.07) is 11.9. The van der Waals surface area contributed by atoms with Crippen molar-refractivity contribution < 1.29 is 9.90 Å². The van der Waals surface area contributed by atoms with Crippen LogP contribution < -0.4 is 10.7 Å². The second-order valence-electron chi connectivity index (χ2n) is 4.74.